The van der Waals surface area contributed by atoms with Crippen LogP contribution in [-0.2, 0) is 0 Å². The molecular formula is C10H12IN3. The van der Waals surface area contributed by atoms with Crippen molar-refractivity contribution in [1.82, 2.24) is 5.32 Å². The molecule has 1 aromatic rings. The van der Waals surface area contributed by atoms with E-state index >= 15 is 0 Å². The Balaban J connectivity index is 2.03. The Morgan fingerprint density at radius 2 is 2.07 bits per heavy atom. The van der Waals surface area contributed by atoms with Crippen molar-refractivity contribution in [1.29, 1.82) is 0 Å². The Bertz CT molecular complexity index is 332. The molecule has 2 N–H and O–H groups in total. The minimum atomic E-state index is 0.887. The van der Waals surface area contributed by atoms with Crippen LogP contribution in [0.15, 0.2) is 29.3 Å². The van der Waals surface area contributed by atoms with E-state index in [9.17, 15) is 0 Å². The third-order valence-electron chi connectivity index (χ3n) is 2.00. The van der Waals surface area contributed by atoms with Crippen LogP contribution in [0, 0.1) is 3.57 Å². The number of hydrogen-bond acceptors (Lipinski definition) is 3. The molecule has 1 aromatic carbocycles. The fraction of sp³-hybridized carbons (Fsp3) is 0.300. The molecule has 0 spiro atoms. The molecular weight excluding hydrogens is 289 g/mol. The number of guanidine groups is 1. The van der Waals surface area contributed by atoms with Crippen LogP contribution in [0.5, 0.6) is 0 Å². The minimum Gasteiger partial charge on any atom is -0.356 e. The molecule has 1 heterocycles. The molecule has 74 valence electrons. The SMILES string of the molecule is Ic1ccc(NC2=NCCCN2)cc1. The fourth-order valence-electron chi connectivity index (χ4n) is 1.29. The summed E-state index contributed by atoms with van der Waals surface area (Å²) in [7, 11) is 0. The van der Waals surface area contributed by atoms with Crippen molar-refractivity contribution in [3.63, 3.8) is 0 Å². The average molecular weight is 301 g/mol. The molecule has 2 rings (SSSR count). The van der Waals surface area contributed by atoms with Gasteiger partial charge in [-0.25, -0.2) is 0 Å². The van der Waals surface area contributed by atoms with Gasteiger partial charge in [-0.2, -0.15) is 0 Å². The summed E-state index contributed by atoms with van der Waals surface area (Å²) in [4.78, 5) is 4.34. The zero-order chi connectivity index (χ0) is 9.80. The smallest absolute Gasteiger partial charge is 0.195 e. The number of rotatable bonds is 1. The Morgan fingerprint density at radius 3 is 2.71 bits per heavy atom. The van der Waals surface area contributed by atoms with E-state index in [1.165, 1.54) is 3.57 Å². The highest BCUT2D eigenvalue weighted by molar-refractivity contribution is 14.1. The maximum atomic E-state index is 4.34. The fourth-order valence-corrected chi connectivity index (χ4v) is 1.65. The van der Waals surface area contributed by atoms with Crippen LogP contribution in [0.25, 0.3) is 0 Å². The van der Waals surface area contributed by atoms with E-state index < -0.39 is 0 Å². The van der Waals surface area contributed by atoms with Gasteiger partial charge in [0.15, 0.2) is 5.96 Å². The number of benzene rings is 1. The highest BCUT2D eigenvalue weighted by Gasteiger charge is 2.02. The van der Waals surface area contributed by atoms with Gasteiger partial charge in [-0.15, -0.1) is 0 Å². The predicted octanol–water partition coefficient (Wildman–Crippen LogP) is 2.05. The predicted molar refractivity (Wildman–Crippen MR) is 67.7 cm³/mol. The van der Waals surface area contributed by atoms with Gasteiger partial charge < -0.3 is 10.6 Å². The molecule has 3 nitrogen and oxygen atoms in total. The van der Waals surface area contributed by atoms with Gasteiger partial charge in [0.25, 0.3) is 0 Å². The van der Waals surface area contributed by atoms with Crippen LogP contribution in [0.4, 0.5) is 5.69 Å². The van der Waals surface area contributed by atoms with Crippen molar-refractivity contribution in [2.75, 3.05) is 18.4 Å². The Labute approximate surface area is 97.1 Å². The zero-order valence-electron chi connectivity index (χ0n) is 7.76. The van der Waals surface area contributed by atoms with Gasteiger partial charge in [0.1, 0.15) is 0 Å². The van der Waals surface area contributed by atoms with E-state index in [0.29, 0.717) is 0 Å². The number of anilines is 1. The molecule has 4 heteroatoms. The quantitative estimate of drug-likeness (QED) is 0.779. The Morgan fingerprint density at radius 1 is 1.29 bits per heavy atom. The van der Waals surface area contributed by atoms with Gasteiger partial charge in [-0.3, -0.25) is 4.99 Å². The maximum absolute atomic E-state index is 4.34. The molecule has 14 heavy (non-hydrogen) atoms. The lowest BCUT2D eigenvalue weighted by molar-refractivity contribution is 0.740. The minimum absolute atomic E-state index is 0.887. The first-order chi connectivity index (χ1) is 6.84. The van der Waals surface area contributed by atoms with Crippen LogP contribution in [0.2, 0.25) is 0 Å². The van der Waals surface area contributed by atoms with Crippen LogP contribution in [0.3, 0.4) is 0 Å². The van der Waals surface area contributed by atoms with E-state index in [0.717, 1.165) is 31.2 Å². The van der Waals surface area contributed by atoms with Crippen LogP contribution >= 0.6 is 22.6 Å². The first kappa shape index (κ1) is 9.76. The van der Waals surface area contributed by atoms with Gasteiger partial charge in [0.05, 0.1) is 0 Å². The molecule has 0 fully saturated rings. The van der Waals surface area contributed by atoms with Gasteiger partial charge >= 0.3 is 0 Å². The van der Waals surface area contributed by atoms with E-state index in [2.05, 4.69) is 62.5 Å². The van der Waals surface area contributed by atoms with Crippen LogP contribution < -0.4 is 10.6 Å². The Kier molecular flexibility index (Phi) is 3.23. The zero-order valence-corrected chi connectivity index (χ0v) is 9.91. The van der Waals surface area contributed by atoms with Gasteiger partial charge in [0.2, 0.25) is 0 Å². The van der Waals surface area contributed by atoms with E-state index in [1.807, 2.05) is 0 Å². The van der Waals surface area contributed by atoms with Crippen LogP contribution in [0.1, 0.15) is 6.42 Å². The third kappa shape index (κ3) is 2.60. The second-order valence-corrected chi connectivity index (χ2v) is 4.39. The number of aliphatic imine (C=N–C) groups is 1. The van der Waals surface area contributed by atoms with Gasteiger partial charge in [-0.05, 0) is 53.3 Å². The van der Waals surface area contributed by atoms with E-state index in [-0.39, 0.29) is 0 Å². The number of nitrogens with one attached hydrogen (secondary N) is 2. The molecule has 0 radical (unpaired) electrons. The number of hydrogen-bond donors (Lipinski definition) is 2. The third-order valence-corrected chi connectivity index (χ3v) is 2.72. The van der Waals surface area contributed by atoms with Gasteiger partial charge in [-0.1, -0.05) is 0 Å². The normalized spacial score (nSPS) is 15.6. The summed E-state index contributed by atoms with van der Waals surface area (Å²) in [5, 5.41) is 6.46. The first-order valence-electron chi connectivity index (χ1n) is 4.65. The van der Waals surface area contributed by atoms with Crippen molar-refractivity contribution in [2.45, 2.75) is 6.42 Å². The monoisotopic (exact) mass is 301 g/mol. The molecule has 0 bridgehead atoms. The number of nitrogens with zero attached hydrogens (tertiary/aromatic N) is 1. The average Bonchev–Trinajstić information content (AvgIpc) is 2.23. The molecule has 0 saturated carbocycles. The van der Waals surface area contributed by atoms with Crippen LogP contribution in [-0.4, -0.2) is 19.0 Å². The van der Waals surface area contributed by atoms with E-state index in [1.54, 1.807) is 0 Å². The van der Waals surface area contributed by atoms with Crippen molar-refractivity contribution in [3.05, 3.63) is 27.8 Å². The number of halogens is 1. The summed E-state index contributed by atoms with van der Waals surface area (Å²) in [5.74, 6) is 0.887. The van der Waals surface area contributed by atoms with Crippen molar-refractivity contribution in [3.8, 4) is 0 Å². The molecule has 0 atom stereocenters. The lowest BCUT2D eigenvalue weighted by Crippen LogP contribution is -2.35. The standard InChI is InChI=1S/C10H12IN3/c11-8-2-4-9(5-3-8)14-10-12-6-1-7-13-10/h2-5H,1,6-7H2,(H2,12,13,14). The largest absolute Gasteiger partial charge is 0.356 e. The summed E-state index contributed by atoms with van der Waals surface area (Å²) in [5.41, 5.74) is 1.08. The second kappa shape index (κ2) is 4.63. The molecule has 0 aliphatic carbocycles. The summed E-state index contributed by atoms with van der Waals surface area (Å²) < 4.78 is 1.24. The summed E-state index contributed by atoms with van der Waals surface area (Å²) in [6.07, 6.45) is 1.12. The highest BCUT2D eigenvalue weighted by atomic mass is 127. The maximum Gasteiger partial charge on any atom is 0.195 e. The molecule has 1 aliphatic rings. The Hall–Kier alpha value is -0.780. The topological polar surface area (TPSA) is 36.4 Å². The molecule has 1 aliphatic heterocycles. The molecule has 0 amide bonds. The lowest BCUT2D eigenvalue weighted by atomic mass is 10.3. The highest BCUT2D eigenvalue weighted by Crippen LogP contribution is 2.11. The van der Waals surface area contributed by atoms with Crippen molar-refractivity contribution < 1.29 is 0 Å². The summed E-state index contributed by atoms with van der Waals surface area (Å²) >= 11 is 2.29. The van der Waals surface area contributed by atoms with E-state index in [4.69, 9.17) is 0 Å². The molecule has 0 aromatic heterocycles. The molecule has 0 unspecified atom stereocenters. The second-order valence-electron chi connectivity index (χ2n) is 3.14. The first-order valence-corrected chi connectivity index (χ1v) is 5.73. The van der Waals surface area contributed by atoms with Gasteiger partial charge in [0, 0.05) is 22.3 Å². The lowest BCUT2D eigenvalue weighted by Gasteiger charge is -2.15. The van der Waals surface area contributed by atoms with Crippen molar-refractivity contribution in [2.24, 2.45) is 4.99 Å². The summed E-state index contributed by atoms with van der Waals surface area (Å²) in [6, 6.07) is 8.26. The van der Waals surface area contributed by atoms with Crippen molar-refractivity contribution >= 4 is 34.2 Å². The summed E-state index contributed by atoms with van der Waals surface area (Å²) in [6.45, 7) is 1.93. The molecule has 0 saturated heterocycles.